The number of hydrogen-bond acceptors (Lipinski definition) is 6. The van der Waals surface area contributed by atoms with E-state index >= 15 is 0 Å². The fourth-order valence-corrected chi connectivity index (χ4v) is 2.93. The Morgan fingerprint density at radius 1 is 1.15 bits per heavy atom. The van der Waals surface area contributed by atoms with Crippen molar-refractivity contribution in [2.45, 2.75) is 26.9 Å². The fourth-order valence-electron chi connectivity index (χ4n) is 2.93. The summed E-state index contributed by atoms with van der Waals surface area (Å²) in [5.41, 5.74) is 1.92. The molecule has 0 aliphatic rings. The van der Waals surface area contributed by atoms with Gasteiger partial charge in [0.05, 0.1) is 6.10 Å². The predicted molar refractivity (Wildman–Crippen MR) is 102 cm³/mol. The minimum atomic E-state index is -0.192. The van der Waals surface area contributed by atoms with Gasteiger partial charge in [-0.05, 0) is 43.9 Å². The predicted octanol–water partition coefficient (Wildman–Crippen LogP) is 3.74. The second-order valence-electron chi connectivity index (χ2n) is 6.47. The van der Waals surface area contributed by atoms with Gasteiger partial charge in [-0.1, -0.05) is 23.4 Å². The molecule has 4 rings (SSSR count). The zero-order chi connectivity index (χ0) is 19.0. The van der Waals surface area contributed by atoms with Crippen LogP contribution in [0.25, 0.3) is 33.7 Å². The van der Waals surface area contributed by atoms with Crippen molar-refractivity contribution in [2.75, 3.05) is 0 Å². The topological polar surface area (TPSA) is 93.9 Å². The van der Waals surface area contributed by atoms with E-state index in [1.54, 1.807) is 24.4 Å². The number of aromatic amines is 1. The quantitative estimate of drug-likeness (QED) is 0.594. The number of nitrogens with one attached hydrogen (secondary N) is 1. The van der Waals surface area contributed by atoms with Crippen LogP contribution in [0.1, 0.15) is 19.4 Å². The van der Waals surface area contributed by atoms with Gasteiger partial charge < -0.3 is 14.2 Å². The third-order valence-corrected chi connectivity index (χ3v) is 4.18. The first kappa shape index (κ1) is 17.0. The minimum absolute atomic E-state index is 0.0129. The Hall–Kier alpha value is -3.48. The van der Waals surface area contributed by atoms with Crippen LogP contribution in [0.5, 0.6) is 5.88 Å². The van der Waals surface area contributed by atoms with E-state index in [2.05, 4.69) is 20.1 Å². The number of hydrogen-bond donors (Lipinski definition) is 1. The SMILES string of the molecule is Cc1c(-c2nc(-c3ccnc(OC(C)C)c3)no2)[nH]c(=O)c2ccccc12. The van der Waals surface area contributed by atoms with Crippen LogP contribution in [-0.4, -0.2) is 26.2 Å². The lowest BCUT2D eigenvalue weighted by Gasteiger charge is -2.08. The molecule has 1 aromatic carbocycles. The largest absolute Gasteiger partial charge is 0.475 e. The maximum absolute atomic E-state index is 12.4. The van der Waals surface area contributed by atoms with Crippen molar-refractivity contribution < 1.29 is 9.26 Å². The molecule has 0 spiro atoms. The summed E-state index contributed by atoms with van der Waals surface area (Å²) in [5.74, 6) is 1.15. The highest BCUT2D eigenvalue weighted by Gasteiger charge is 2.17. The van der Waals surface area contributed by atoms with E-state index in [-0.39, 0.29) is 17.6 Å². The average Bonchev–Trinajstić information content (AvgIpc) is 3.14. The van der Waals surface area contributed by atoms with E-state index in [0.717, 1.165) is 16.5 Å². The lowest BCUT2D eigenvalue weighted by molar-refractivity contribution is 0.233. The number of fused-ring (bicyclic) bond motifs is 1. The summed E-state index contributed by atoms with van der Waals surface area (Å²) in [5, 5.41) is 5.52. The highest BCUT2D eigenvalue weighted by molar-refractivity contribution is 5.88. The summed E-state index contributed by atoms with van der Waals surface area (Å²) in [6, 6.07) is 11.0. The molecule has 1 N–H and O–H groups in total. The number of aryl methyl sites for hydroxylation is 1. The molecule has 3 aromatic heterocycles. The van der Waals surface area contributed by atoms with Gasteiger partial charge in [-0.2, -0.15) is 4.98 Å². The number of benzene rings is 1. The zero-order valence-corrected chi connectivity index (χ0v) is 15.2. The summed E-state index contributed by atoms with van der Waals surface area (Å²) < 4.78 is 11.0. The van der Waals surface area contributed by atoms with Crippen molar-refractivity contribution in [1.29, 1.82) is 0 Å². The first-order valence-corrected chi connectivity index (χ1v) is 8.61. The Bertz CT molecular complexity index is 1180. The third-order valence-electron chi connectivity index (χ3n) is 4.18. The van der Waals surface area contributed by atoms with Gasteiger partial charge in [0.15, 0.2) is 0 Å². The molecule has 7 nitrogen and oxygen atoms in total. The van der Waals surface area contributed by atoms with Crippen LogP contribution in [0.2, 0.25) is 0 Å². The van der Waals surface area contributed by atoms with Crippen LogP contribution < -0.4 is 10.3 Å². The molecule has 0 aliphatic heterocycles. The molecule has 0 atom stereocenters. The van der Waals surface area contributed by atoms with Crippen LogP contribution in [0.4, 0.5) is 0 Å². The van der Waals surface area contributed by atoms with Crippen molar-refractivity contribution in [3.8, 4) is 28.9 Å². The highest BCUT2D eigenvalue weighted by Crippen LogP contribution is 2.27. The van der Waals surface area contributed by atoms with Gasteiger partial charge >= 0.3 is 0 Å². The minimum Gasteiger partial charge on any atom is -0.475 e. The number of H-pyrrole nitrogens is 1. The molecule has 136 valence electrons. The maximum atomic E-state index is 12.4. The lowest BCUT2D eigenvalue weighted by atomic mass is 10.1. The third kappa shape index (κ3) is 3.19. The summed E-state index contributed by atoms with van der Waals surface area (Å²) in [7, 11) is 0. The Labute approximate surface area is 155 Å². The fraction of sp³-hybridized carbons (Fsp3) is 0.200. The van der Waals surface area contributed by atoms with Crippen molar-refractivity contribution in [3.05, 3.63) is 58.5 Å². The normalized spacial score (nSPS) is 11.3. The van der Waals surface area contributed by atoms with E-state index < -0.39 is 0 Å². The van der Waals surface area contributed by atoms with Crippen LogP contribution in [0.15, 0.2) is 51.9 Å². The van der Waals surface area contributed by atoms with E-state index in [1.807, 2.05) is 39.0 Å². The molecule has 0 amide bonds. The van der Waals surface area contributed by atoms with Crippen LogP contribution in [0, 0.1) is 6.92 Å². The summed E-state index contributed by atoms with van der Waals surface area (Å²) in [4.78, 5) is 23.8. The Morgan fingerprint density at radius 2 is 1.93 bits per heavy atom. The van der Waals surface area contributed by atoms with Gasteiger partial charge in [-0.3, -0.25) is 4.79 Å². The molecule has 0 saturated carbocycles. The monoisotopic (exact) mass is 362 g/mol. The molecule has 3 heterocycles. The second kappa shape index (κ2) is 6.68. The first-order chi connectivity index (χ1) is 13.0. The molecular weight excluding hydrogens is 344 g/mol. The number of rotatable bonds is 4. The van der Waals surface area contributed by atoms with Crippen molar-refractivity contribution in [3.63, 3.8) is 0 Å². The molecule has 0 bridgehead atoms. The number of nitrogens with zero attached hydrogens (tertiary/aromatic N) is 3. The Balaban J connectivity index is 1.77. The molecule has 0 radical (unpaired) electrons. The second-order valence-corrected chi connectivity index (χ2v) is 6.47. The smallest absolute Gasteiger partial charge is 0.275 e. The molecule has 7 heteroatoms. The van der Waals surface area contributed by atoms with Crippen LogP contribution in [0.3, 0.4) is 0 Å². The van der Waals surface area contributed by atoms with Crippen LogP contribution in [-0.2, 0) is 0 Å². The van der Waals surface area contributed by atoms with Crippen molar-refractivity contribution in [1.82, 2.24) is 20.1 Å². The van der Waals surface area contributed by atoms with Crippen LogP contribution >= 0.6 is 0 Å². The van der Waals surface area contributed by atoms with Gasteiger partial charge in [0.25, 0.3) is 11.4 Å². The van der Waals surface area contributed by atoms with Gasteiger partial charge in [-0.15, -0.1) is 0 Å². The van der Waals surface area contributed by atoms with E-state index in [0.29, 0.717) is 22.8 Å². The molecule has 4 aromatic rings. The molecule has 0 saturated heterocycles. The maximum Gasteiger partial charge on any atom is 0.275 e. The Morgan fingerprint density at radius 3 is 2.70 bits per heavy atom. The van der Waals surface area contributed by atoms with Crippen molar-refractivity contribution >= 4 is 10.8 Å². The lowest BCUT2D eigenvalue weighted by Crippen LogP contribution is -2.09. The number of pyridine rings is 2. The van der Waals surface area contributed by atoms with E-state index in [4.69, 9.17) is 9.26 Å². The number of ether oxygens (including phenoxy) is 1. The van der Waals surface area contributed by atoms with Gasteiger partial charge in [0.2, 0.25) is 11.7 Å². The zero-order valence-electron chi connectivity index (χ0n) is 15.2. The standard InChI is InChI=1S/C20H18N4O3/c1-11(2)26-16-10-13(8-9-21-16)18-23-20(27-24-18)17-12(3)14-6-4-5-7-15(14)19(25)22-17/h4-11H,1-3H3,(H,22,25). The molecule has 0 unspecified atom stereocenters. The van der Waals surface area contributed by atoms with Gasteiger partial charge in [0.1, 0.15) is 5.69 Å². The average molecular weight is 362 g/mol. The molecular formula is C20H18N4O3. The van der Waals surface area contributed by atoms with Crippen molar-refractivity contribution in [2.24, 2.45) is 0 Å². The van der Waals surface area contributed by atoms with Gasteiger partial charge in [-0.25, -0.2) is 4.98 Å². The number of aromatic nitrogens is 4. The summed E-state index contributed by atoms with van der Waals surface area (Å²) in [6.07, 6.45) is 1.64. The van der Waals surface area contributed by atoms with E-state index in [1.165, 1.54) is 0 Å². The first-order valence-electron chi connectivity index (χ1n) is 8.61. The Kier molecular flexibility index (Phi) is 4.19. The highest BCUT2D eigenvalue weighted by atomic mass is 16.5. The summed E-state index contributed by atoms with van der Waals surface area (Å²) >= 11 is 0. The molecule has 0 aliphatic carbocycles. The van der Waals surface area contributed by atoms with E-state index in [9.17, 15) is 4.79 Å². The van der Waals surface area contributed by atoms with Gasteiger partial charge in [0, 0.05) is 23.2 Å². The summed E-state index contributed by atoms with van der Waals surface area (Å²) in [6.45, 7) is 5.78. The molecule has 0 fully saturated rings. The molecule has 27 heavy (non-hydrogen) atoms.